The van der Waals surface area contributed by atoms with E-state index in [1.165, 1.54) is 12.1 Å². The molecule has 0 atom stereocenters. The summed E-state index contributed by atoms with van der Waals surface area (Å²) in [6.07, 6.45) is 3.38. The Labute approximate surface area is 146 Å². The van der Waals surface area contributed by atoms with Crippen LogP contribution in [0.15, 0.2) is 54.6 Å². The SMILES string of the molecule is O=C(OCc1ccccc1)N(c1cccc([N+](=O)[O-])c1)C1CCCC1. The summed E-state index contributed by atoms with van der Waals surface area (Å²) in [5, 5.41) is 11.0. The van der Waals surface area contributed by atoms with Crippen LogP contribution in [0.3, 0.4) is 0 Å². The fourth-order valence-corrected chi connectivity index (χ4v) is 3.17. The van der Waals surface area contributed by atoms with Crippen LogP contribution in [-0.4, -0.2) is 17.1 Å². The molecule has 0 unspecified atom stereocenters. The van der Waals surface area contributed by atoms with Gasteiger partial charge in [-0.2, -0.15) is 0 Å². The molecule has 0 aromatic heterocycles. The van der Waals surface area contributed by atoms with Crippen molar-refractivity contribution in [3.63, 3.8) is 0 Å². The number of rotatable bonds is 5. The maximum absolute atomic E-state index is 12.7. The second-order valence-electron chi connectivity index (χ2n) is 6.13. The molecule has 1 saturated carbocycles. The Kier molecular flexibility index (Phi) is 5.28. The number of carbonyl (C=O) groups is 1. The van der Waals surface area contributed by atoms with Gasteiger partial charge < -0.3 is 4.74 Å². The van der Waals surface area contributed by atoms with Crippen molar-refractivity contribution >= 4 is 17.5 Å². The third-order valence-electron chi connectivity index (χ3n) is 4.41. The molecular formula is C19H20N2O4. The molecule has 1 aliphatic rings. The number of hydrogen-bond acceptors (Lipinski definition) is 4. The summed E-state index contributed by atoms with van der Waals surface area (Å²) in [4.78, 5) is 24.9. The van der Waals surface area contributed by atoms with Gasteiger partial charge >= 0.3 is 6.09 Å². The molecule has 0 aliphatic heterocycles. The topological polar surface area (TPSA) is 72.7 Å². The van der Waals surface area contributed by atoms with Gasteiger partial charge in [-0.05, 0) is 24.5 Å². The molecule has 6 nitrogen and oxygen atoms in total. The van der Waals surface area contributed by atoms with Gasteiger partial charge in [-0.15, -0.1) is 0 Å². The Morgan fingerprint density at radius 2 is 1.84 bits per heavy atom. The quantitative estimate of drug-likeness (QED) is 0.585. The van der Waals surface area contributed by atoms with Crippen molar-refractivity contribution in [2.24, 2.45) is 0 Å². The third-order valence-corrected chi connectivity index (χ3v) is 4.41. The van der Waals surface area contributed by atoms with Crippen molar-refractivity contribution in [2.45, 2.75) is 38.3 Å². The maximum atomic E-state index is 12.7. The van der Waals surface area contributed by atoms with Gasteiger partial charge in [0.05, 0.1) is 10.6 Å². The molecule has 1 aliphatic carbocycles. The zero-order valence-electron chi connectivity index (χ0n) is 13.8. The van der Waals surface area contributed by atoms with E-state index in [0.717, 1.165) is 31.2 Å². The molecule has 1 amide bonds. The fourth-order valence-electron chi connectivity index (χ4n) is 3.17. The molecule has 3 rings (SSSR count). The minimum Gasteiger partial charge on any atom is -0.444 e. The Hall–Kier alpha value is -2.89. The van der Waals surface area contributed by atoms with Gasteiger partial charge in [0.25, 0.3) is 5.69 Å². The maximum Gasteiger partial charge on any atom is 0.414 e. The minimum absolute atomic E-state index is 0.0188. The van der Waals surface area contributed by atoms with Crippen LogP contribution >= 0.6 is 0 Å². The van der Waals surface area contributed by atoms with Crippen LogP contribution in [0.2, 0.25) is 0 Å². The molecule has 6 heteroatoms. The van der Waals surface area contributed by atoms with E-state index in [1.807, 2.05) is 30.3 Å². The van der Waals surface area contributed by atoms with Gasteiger partial charge in [-0.3, -0.25) is 15.0 Å². The van der Waals surface area contributed by atoms with Gasteiger partial charge in [0.2, 0.25) is 0 Å². The number of anilines is 1. The average molecular weight is 340 g/mol. The number of nitro groups is 1. The van der Waals surface area contributed by atoms with Gasteiger partial charge in [-0.25, -0.2) is 4.79 Å². The predicted octanol–water partition coefficient (Wildman–Crippen LogP) is 4.68. The first-order valence-electron chi connectivity index (χ1n) is 8.39. The van der Waals surface area contributed by atoms with Crippen LogP contribution in [0.4, 0.5) is 16.2 Å². The Bertz CT molecular complexity index is 742. The zero-order valence-corrected chi connectivity index (χ0v) is 13.8. The van der Waals surface area contributed by atoms with Crippen LogP contribution in [0.1, 0.15) is 31.2 Å². The smallest absolute Gasteiger partial charge is 0.414 e. The molecule has 0 N–H and O–H groups in total. The summed E-state index contributed by atoms with van der Waals surface area (Å²) in [5.41, 5.74) is 1.39. The van der Waals surface area contributed by atoms with E-state index < -0.39 is 11.0 Å². The molecular weight excluding hydrogens is 320 g/mol. The first kappa shape index (κ1) is 17.0. The van der Waals surface area contributed by atoms with Gasteiger partial charge in [-0.1, -0.05) is 49.2 Å². The monoisotopic (exact) mass is 340 g/mol. The highest BCUT2D eigenvalue weighted by molar-refractivity contribution is 5.88. The summed E-state index contributed by atoms with van der Waals surface area (Å²) in [7, 11) is 0. The van der Waals surface area contributed by atoms with Crippen LogP contribution in [0.25, 0.3) is 0 Å². The summed E-state index contributed by atoms with van der Waals surface area (Å²) in [6, 6.07) is 15.6. The van der Waals surface area contributed by atoms with Crippen molar-refractivity contribution < 1.29 is 14.5 Å². The van der Waals surface area contributed by atoms with Crippen LogP contribution in [0, 0.1) is 10.1 Å². The largest absolute Gasteiger partial charge is 0.444 e. The van der Waals surface area contributed by atoms with Crippen LogP contribution in [-0.2, 0) is 11.3 Å². The number of nitro benzene ring substituents is 1. The van der Waals surface area contributed by atoms with E-state index in [-0.39, 0.29) is 18.3 Å². The van der Waals surface area contributed by atoms with E-state index >= 15 is 0 Å². The van der Waals surface area contributed by atoms with E-state index in [2.05, 4.69) is 0 Å². The summed E-state index contributed by atoms with van der Waals surface area (Å²) in [5.74, 6) is 0. The fraction of sp³-hybridized carbons (Fsp3) is 0.316. The third kappa shape index (κ3) is 4.15. The zero-order chi connectivity index (χ0) is 17.6. The van der Waals surface area contributed by atoms with Crippen LogP contribution < -0.4 is 4.90 Å². The Morgan fingerprint density at radius 1 is 1.12 bits per heavy atom. The number of ether oxygens (including phenoxy) is 1. The highest BCUT2D eigenvalue weighted by Gasteiger charge is 2.30. The second kappa shape index (κ2) is 7.79. The number of amides is 1. The van der Waals surface area contributed by atoms with Gasteiger partial charge in [0.1, 0.15) is 6.61 Å². The molecule has 0 radical (unpaired) electrons. The summed E-state index contributed by atoms with van der Waals surface area (Å²) >= 11 is 0. The molecule has 2 aromatic carbocycles. The lowest BCUT2D eigenvalue weighted by Gasteiger charge is -2.28. The average Bonchev–Trinajstić information content (AvgIpc) is 3.15. The standard InChI is InChI=1S/C19H20N2O4/c22-19(25-14-15-7-2-1-3-8-15)20(16-9-4-5-10-16)17-11-6-12-18(13-17)21(23)24/h1-3,6-8,11-13,16H,4-5,9-10,14H2. The lowest BCUT2D eigenvalue weighted by molar-refractivity contribution is -0.384. The van der Waals surface area contributed by atoms with Crippen molar-refractivity contribution in [1.29, 1.82) is 0 Å². The first-order valence-corrected chi connectivity index (χ1v) is 8.39. The first-order chi connectivity index (χ1) is 12.1. The highest BCUT2D eigenvalue weighted by Crippen LogP contribution is 2.31. The van der Waals surface area contributed by atoms with Crippen LogP contribution in [0.5, 0.6) is 0 Å². The highest BCUT2D eigenvalue weighted by atomic mass is 16.6. The summed E-state index contributed by atoms with van der Waals surface area (Å²) < 4.78 is 5.47. The molecule has 0 spiro atoms. The van der Waals surface area contributed by atoms with E-state index in [4.69, 9.17) is 4.74 Å². The van der Waals surface area contributed by atoms with Crippen molar-refractivity contribution in [3.05, 3.63) is 70.3 Å². The lowest BCUT2D eigenvalue weighted by atomic mass is 10.2. The molecule has 130 valence electrons. The van der Waals surface area contributed by atoms with Crippen molar-refractivity contribution in [1.82, 2.24) is 0 Å². The number of carbonyl (C=O) groups excluding carboxylic acids is 1. The van der Waals surface area contributed by atoms with E-state index in [0.29, 0.717) is 5.69 Å². The Balaban J connectivity index is 1.80. The predicted molar refractivity (Wildman–Crippen MR) is 94.5 cm³/mol. The molecule has 0 heterocycles. The molecule has 25 heavy (non-hydrogen) atoms. The second-order valence-corrected chi connectivity index (χ2v) is 6.13. The van der Waals surface area contributed by atoms with Gasteiger partial charge in [0.15, 0.2) is 0 Å². The lowest BCUT2D eigenvalue weighted by Crippen LogP contribution is -2.39. The molecule has 0 saturated heterocycles. The molecule has 0 bridgehead atoms. The number of nitrogens with zero attached hydrogens (tertiary/aromatic N) is 2. The molecule has 2 aromatic rings. The number of hydrogen-bond donors (Lipinski definition) is 0. The van der Waals surface area contributed by atoms with Gasteiger partial charge in [0, 0.05) is 18.2 Å². The molecule has 1 fully saturated rings. The van der Waals surface area contributed by atoms with Crippen molar-refractivity contribution in [3.8, 4) is 0 Å². The number of benzene rings is 2. The van der Waals surface area contributed by atoms with E-state index in [9.17, 15) is 14.9 Å². The normalized spacial score (nSPS) is 14.2. The number of non-ortho nitro benzene ring substituents is 1. The van der Waals surface area contributed by atoms with E-state index in [1.54, 1.807) is 17.0 Å². The summed E-state index contributed by atoms with van der Waals surface area (Å²) in [6.45, 7) is 0.178. The van der Waals surface area contributed by atoms with Crippen molar-refractivity contribution in [2.75, 3.05) is 4.90 Å². The minimum atomic E-state index is -0.462. The Morgan fingerprint density at radius 3 is 2.52 bits per heavy atom.